The van der Waals surface area contributed by atoms with Gasteiger partial charge in [0.15, 0.2) is 5.69 Å². The smallest absolute Gasteiger partial charge is 0.243 e. The van der Waals surface area contributed by atoms with E-state index in [0.717, 1.165) is 0 Å². The number of halogens is 2. The Morgan fingerprint density at radius 2 is 1.88 bits per heavy atom. The van der Waals surface area contributed by atoms with Crippen molar-refractivity contribution < 1.29 is 8.78 Å². The van der Waals surface area contributed by atoms with Crippen molar-refractivity contribution in [1.29, 1.82) is 0 Å². The first kappa shape index (κ1) is 17.4. The summed E-state index contributed by atoms with van der Waals surface area (Å²) in [5.74, 6) is -0.830. The van der Waals surface area contributed by atoms with Gasteiger partial charge in [0.2, 0.25) is 5.95 Å². The predicted molar refractivity (Wildman–Crippen MR) is 92.3 cm³/mol. The molecule has 0 saturated heterocycles. The van der Waals surface area contributed by atoms with Crippen molar-refractivity contribution in [3.05, 3.63) is 71.5 Å². The van der Waals surface area contributed by atoms with Gasteiger partial charge in [0.1, 0.15) is 23.0 Å². The van der Waals surface area contributed by atoms with E-state index in [4.69, 9.17) is 6.57 Å². The fraction of sp³-hybridized carbons (Fsp3) is 0.167. The molecule has 0 fully saturated rings. The molecule has 26 heavy (non-hydrogen) atoms. The molecule has 0 atom stereocenters. The molecule has 8 heteroatoms. The molecule has 0 unspecified atom stereocenters. The number of nitrogens with one attached hydrogen (secondary N) is 1. The van der Waals surface area contributed by atoms with Crippen LogP contribution >= 0.6 is 0 Å². The topological polar surface area (TPSA) is 68.0 Å². The number of hydrogen-bond acceptors (Lipinski definition) is 5. The Kier molecular flexibility index (Phi) is 4.54. The first-order valence-corrected chi connectivity index (χ1v) is 7.67. The Morgan fingerprint density at radius 1 is 1.08 bits per heavy atom. The zero-order valence-electron chi connectivity index (χ0n) is 14.0. The largest absolute Gasteiger partial charge is 0.342 e. The van der Waals surface area contributed by atoms with Crippen molar-refractivity contribution in [1.82, 2.24) is 20.2 Å². The molecule has 0 bridgehead atoms. The number of rotatable bonds is 4. The van der Waals surface area contributed by atoms with E-state index in [0.29, 0.717) is 0 Å². The quantitative estimate of drug-likeness (QED) is 0.716. The van der Waals surface area contributed by atoms with Crippen LogP contribution in [-0.2, 0) is 5.54 Å². The minimum Gasteiger partial charge on any atom is -0.342 e. The maximum atomic E-state index is 14.0. The van der Waals surface area contributed by atoms with Crippen molar-refractivity contribution in [2.75, 3.05) is 5.32 Å². The van der Waals surface area contributed by atoms with Gasteiger partial charge in [-0.05, 0) is 38.1 Å². The monoisotopic (exact) mass is 352 g/mol. The van der Waals surface area contributed by atoms with E-state index in [1.165, 1.54) is 42.7 Å². The molecule has 6 nitrogen and oxygen atoms in total. The van der Waals surface area contributed by atoms with Gasteiger partial charge in [-0.3, -0.25) is 4.98 Å². The third-order valence-electron chi connectivity index (χ3n) is 3.69. The first-order chi connectivity index (χ1) is 12.4. The van der Waals surface area contributed by atoms with Crippen LogP contribution in [0.25, 0.3) is 16.1 Å². The third-order valence-corrected chi connectivity index (χ3v) is 3.69. The summed E-state index contributed by atoms with van der Waals surface area (Å²) in [5, 5.41) is 10.8. The Morgan fingerprint density at radius 3 is 2.54 bits per heavy atom. The molecular weight excluding hydrogens is 338 g/mol. The minimum absolute atomic E-state index is 0.139. The molecule has 130 valence electrons. The van der Waals surface area contributed by atoms with Gasteiger partial charge in [-0.2, -0.15) is 0 Å². The van der Waals surface area contributed by atoms with E-state index in [1.54, 1.807) is 13.8 Å². The summed E-state index contributed by atoms with van der Waals surface area (Å²) in [6, 6.07) is 6.79. The summed E-state index contributed by atoms with van der Waals surface area (Å²) in [6.45, 7) is 10.5. The van der Waals surface area contributed by atoms with E-state index in [9.17, 15) is 8.78 Å². The van der Waals surface area contributed by atoms with Crippen LogP contribution in [-0.4, -0.2) is 20.2 Å². The van der Waals surface area contributed by atoms with Crippen molar-refractivity contribution in [3.8, 4) is 11.3 Å². The second-order valence-electron chi connectivity index (χ2n) is 6.03. The standard InChI is InChI=1S/C18H14F2N6/c1-18(2,16-14(20)5-4-8-22-16)24-17-23-10-15(25-26-17)12-9-11(21-3)6-7-13(12)19/h4-10H,1-2H3,(H,23,24,26). The number of hydrogen-bond donors (Lipinski definition) is 1. The van der Waals surface area contributed by atoms with Crippen molar-refractivity contribution in [2.24, 2.45) is 0 Å². The third kappa shape index (κ3) is 3.47. The van der Waals surface area contributed by atoms with Crippen LogP contribution < -0.4 is 5.32 Å². The van der Waals surface area contributed by atoms with Crippen LogP contribution in [0.15, 0.2) is 42.7 Å². The normalized spacial score (nSPS) is 11.0. The van der Waals surface area contributed by atoms with E-state index in [2.05, 4.69) is 30.3 Å². The molecule has 3 rings (SSSR count). The van der Waals surface area contributed by atoms with Gasteiger partial charge in [-0.25, -0.2) is 18.6 Å². The lowest BCUT2D eigenvalue weighted by Crippen LogP contribution is -2.31. The number of aromatic nitrogens is 4. The fourth-order valence-corrected chi connectivity index (χ4v) is 2.42. The van der Waals surface area contributed by atoms with Crippen LogP contribution in [0, 0.1) is 18.2 Å². The Bertz CT molecular complexity index is 980. The number of pyridine rings is 1. The molecule has 0 aliphatic heterocycles. The number of benzene rings is 1. The Balaban J connectivity index is 1.87. The summed E-state index contributed by atoms with van der Waals surface area (Å²) in [5.41, 5.74) is -0.0508. The molecular formula is C18H14F2N6. The molecule has 0 aliphatic carbocycles. The van der Waals surface area contributed by atoms with Gasteiger partial charge in [0.05, 0.1) is 18.3 Å². The van der Waals surface area contributed by atoms with Crippen molar-refractivity contribution >= 4 is 11.6 Å². The highest BCUT2D eigenvalue weighted by Gasteiger charge is 2.26. The molecule has 2 heterocycles. The van der Waals surface area contributed by atoms with Crippen molar-refractivity contribution in [3.63, 3.8) is 0 Å². The predicted octanol–water partition coefficient (Wildman–Crippen LogP) is 4.11. The summed E-state index contributed by atoms with van der Waals surface area (Å²) in [7, 11) is 0. The van der Waals surface area contributed by atoms with Crippen LogP contribution in [0.1, 0.15) is 19.5 Å². The van der Waals surface area contributed by atoms with Gasteiger partial charge < -0.3 is 5.32 Å². The summed E-state index contributed by atoms with van der Waals surface area (Å²) in [4.78, 5) is 11.4. The molecule has 0 saturated carbocycles. The average Bonchev–Trinajstić information content (AvgIpc) is 2.63. The zero-order valence-corrected chi connectivity index (χ0v) is 14.0. The van der Waals surface area contributed by atoms with Gasteiger partial charge >= 0.3 is 0 Å². The van der Waals surface area contributed by atoms with Crippen LogP contribution in [0.2, 0.25) is 0 Å². The maximum absolute atomic E-state index is 14.0. The fourth-order valence-electron chi connectivity index (χ4n) is 2.42. The van der Waals surface area contributed by atoms with Crippen LogP contribution in [0.5, 0.6) is 0 Å². The highest BCUT2D eigenvalue weighted by molar-refractivity contribution is 5.65. The summed E-state index contributed by atoms with van der Waals surface area (Å²) in [6.07, 6.45) is 2.84. The van der Waals surface area contributed by atoms with E-state index < -0.39 is 17.2 Å². The molecule has 1 aromatic carbocycles. The zero-order chi connectivity index (χ0) is 18.7. The molecule has 2 aromatic heterocycles. The van der Waals surface area contributed by atoms with E-state index in [-0.39, 0.29) is 28.6 Å². The summed E-state index contributed by atoms with van der Waals surface area (Å²) < 4.78 is 27.9. The molecule has 0 radical (unpaired) electrons. The Hall–Kier alpha value is -3.47. The number of anilines is 1. The molecule has 3 aromatic rings. The lowest BCUT2D eigenvalue weighted by Gasteiger charge is -2.25. The maximum Gasteiger partial charge on any atom is 0.243 e. The molecule has 0 spiro atoms. The van der Waals surface area contributed by atoms with Crippen LogP contribution in [0.3, 0.4) is 0 Å². The lowest BCUT2D eigenvalue weighted by molar-refractivity contribution is 0.510. The van der Waals surface area contributed by atoms with Gasteiger partial charge in [-0.1, -0.05) is 6.07 Å². The highest BCUT2D eigenvalue weighted by Crippen LogP contribution is 2.27. The van der Waals surface area contributed by atoms with E-state index in [1.807, 2.05) is 0 Å². The Labute approximate surface area is 148 Å². The van der Waals surface area contributed by atoms with Crippen LogP contribution in [0.4, 0.5) is 20.4 Å². The van der Waals surface area contributed by atoms with Crippen molar-refractivity contribution in [2.45, 2.75) is 19.4 Å². The van der Waals surface area contributed by atoms with Gasteiger partial charge in [0, 0.05) is 11.8 Å². The minimum atomic E-state index is -0.885. The summed E-state index contributed by atoms with van der Waals surface area (Å²) >= 11 is 0. The van der Waals surface area contributed by atoms with Gasteiger partial charge in [-0.15, -0.1) is 10.2 Å². The van der Waals surface area contributed by atoms with Gasteiger partial charge in [0.25, 0.3) is 0 Å². The molecule has 1 N–H and O–H groups in total. The molecule has 0 amide bonds. The average molecular weight is 352 g/mol. The second kappa shape index (κ2) is 6.80. The highest BCUT2D eigenvalue weighted by atomic mass is 19.1. The lowest BCUT2D eigenvalue weighted by atomic mass is 9.99. The number of nitrogens with zero attached hydrogens (tertiary/aromatic N) is 5. The van der Waals surface area contributed by atoms with E-state index >= 15 is 0 Å². The molecule has 0 aliphatic rings. The first-order valence-electron chi connectivity index (χ1n) is 7.67. The second-order valence-corrected chi connectivity index (χ2v) is 6.03. The SMILES string of the molecule is [C-]#[N+]c1ccc(F)c(-c2cnc(NC(C)(C)c3ncccc3F)nn2)c1.